The van der Waals surface area contributed by atoms with Crippen molar-refractivity contribution in [3.05, 3.63) is 32.7 Å². The molecule has 0 heterocycles. The van der Waals surface area contributed by atoms with Crippen molar-refractivity contribution in [2.24, 2.45) is 0 Å². The first kappa shape index (κ1) is 15.2. The van der Waals surface area contributed by atoms with Crippen LogP contribution in [0.5, 0.6) is 0 Å². The molecule has 0 bridgehead atoms. The Morgan fingerprint density at radius 1 is 1.06 bits per heavy atom. The molecule has 1 N–H and O–H groups in total. The van der Waals surface area contributed by atoms with Crippen molar-refractivity contribution in [1.82, 2.24) is 0 Å². The Kier molecular flexibility index (Phi) is 7.40. The summed E-state index contributed by atoms with van der Waals surface area (Å²) in [4.78, 5) is 0. The maximum atomic E-state index is 10.1. The number of hydrogen-bond donors (Lipinski definition) is 1. The maximum absolute atomic E-state index is 10.1. The van der Waals surface area contributed by atoms with Crippen LogP contribution in [0.2, 0.25) is 0 Å². The van der Waals surface area contributed by atoms with Gasteiger partial charge in [0, 0.05) is 8.95 Å². The lowest BCUT2D eigenvalue weighted by molar-refractivity contribution is 0.163. The zero-order valence-electron chi connectivity index (χ0n) is 10.3. The number of halogens is 2. The third kappa shape index (κ3) is 5.54. The average molecular weight is 364 g/mol. The van der Waals surface area contributed by atoms with E-state index in [0.717, 1.165) is 27.4 Å². The van der Waals surface area contributed by atoms with Gasteiger partial charge in [-0.05, 0) is 56.0 Å². The summed E-state index contributed by atoms with van der Waals surface area (Å²) >= 11 is 6.89. The van der Waals surface area contributed by atoms with E-state index in [4.69, 9.17) is 0 Å². The highest BCUT2D eigenvalue weighted by atomic mass is 79.9. The van der Waals surface area contributed by atoms with Gasteiger partial charge in [-0.2, -0.15) is 0 Å². The van der Waals surface area contributed by atoms with Gasteiger partial charge in [-0.1, -0.05) is 45.1 Å². The zero-order chi connectivity index (χ0) is 12.7. The zero-order valence-corrected chi connectivity index (χ0v) is 13.4. The molecule has 1 unspecified atom stereocenters. The van der Waals surface area contributed by atoms with E-state index in [1.807, 2.05) is 18.2 Å². The minimum Gasteiger partial charge on any atom is -0.388 e. The molecular formula is C14H20Br2O. The van der Waals surface area contributed by atoms with Gasteiger partial charge < -0.3 is 5.11 Å². The molecule has 1 aromatic rings. The molecule has 1 nitrogen and oxygen atoms in total. The summed E-state index contributed by atoms with van der Waals surface area (Å²) < 4.78 is 2.02. The Labute approximate surface area is 121 Å². The van der Waals surface area contributed by atoms with Crippen LogP contribution in [0.4, 0.5) is 0 Å². The number of rotatable bonds is 7. The lowest BCUT2D eigenvalue weighted by Crippen LogP contribution is -1.97. The topological polar surface area (TPSA) is 20.2 Å². The summed E-state index contributed by atoms with van der Waals surface area (Å²) in [6, 6.07) is 5.94. The first-order valence-corrected chi connectivity index (χ1v) is 7.86. The molecular weight excluding hydrogens is 344 g/mol. The lowest BCUT2D eigenvalue weighted by Gasteiger charge is -2.11. The Bertz CT molecular complexity index is 339. The van der Waals surface area contributed by atoms with Gasteiger partial charge in [0.25, 0.3) is 0 Å². The summed E-state index contributed by atoms with van der Waals surface area (Å²) in [6.45, 7) is 2.22. The standard InChI is InChI=1S/C14H20Br2O/c1-2-3-4-5-6-7-14(17)11-8-9-12(15)13(16)10-11/h8-10,14,17H,2-7H2,1H3. The fourth-order valence-corrected chi connectivity index (χ4v) is 2.47. The Morgan fingerprint density at radius 3 is 2.41 bits per heavy atom. The molecule has 0 saturated heterocycles. The van der Waals surface area contributed by atoms with Gasteiger partial charge in [-0.25, -0.2) is 0 Å². The van der Waals surface area contributed by atoms with Crippen LogP contribution in [0, 0.1) is 0 Å². The largest absolute Gasteiger partial charge is 0.388 e. The molecule has 1 atom stereocenters. The normalized spacial score (nSPS) is 12.7. The van der Waals surface area contributed by atoms with Crippen LogP contribution < -0.4 is 0 Å². The van der Waals surface area contributed by atoms with Crippen molar-refractivity contribution >= 4 is 31.9 Å². The van der Waals surface area contributed by atoms with E-state index in [1.165, 1.54) is 25.7 Å². The van der Waals surface area contributed by atoms with Crippen LogP contribution in [-0.2, 0) is 0 Å². The molecule has 96 valence electrons. The highest BCUT2D eigenvalue weighted by Crippen LogP contribution is 2.28. The summed E-state index contributed by atoms with van der Waals surface area (Å²) in [5.74, 6) is 0. The van der Waals surface area contributed by atoms with Gasteiger partial charge >= 0.3 is 0 Å². The van der Waals surface area contributed by atoms with Crippen molar-refractivity contribution in [3.63, 3.8) is 0 Å². The maximum Gasteiger partial charge on any atom is 0.0790 e. The Hall–Kier alpha value is 0.140. The van der Waals surface area contributed by atoms with Crippen LogP contribution in [0.3, 0.4) is 0 Å². The third-order valence-corrected chi connectivity index (χ3v) is 4.79. The summed E-state index contributed by atoms with van der Waals surface area (Å²) in [5, 5.41) is 10.1. The van der Waals surface area contributed by atoms with Gasteiger partial charge in [-0.3, -0.25) is 0 Å². The Morgan fingerprint density at radius 2 is 1.76 bits per heavy atom. The minimum absolute atomic E-state index is 0.332. The van der Waals surface area contributed by atoms with E-state index in [9.17, 15) is 5.11 Å². The number of benzene rings is 1. The molecule has 0 spiro atoms. The van der Waals surface area contributed by atoms with Crippen molar-refractivity contribution in [1.29, 1.82) is 0 Å². The van der Waals surface area contributed by atoms with Crippen LogP contribution in [0.15, 0.2) is 27.1 Å². The quantitative estimate of drug-likeness (QED) is 0.624. The second-order valence-electron chi connectivity index (χ2n) is 4.39. The van der Waals surface area contributed by atoms with Gasteiger partial charge in [0.1, 0.15) is 0 Å². The van der Waals surface area contributed by atoms with Crippen molar-refractivity contribution < 1.29 is 5.11 Å². The summed E-state index contributed by atoms with van der Waals surface area (Å²) in [5.41, 5.74) is 0.996. The minimum atomic E-state index is -0.332. The second-order valence-corrected chi connectivity index (χ2v) is 6.10. The fourth-order valence-electron chi connectivity index (χ4n) is 1.83. The molecule has 0 aliphatic carbocycles. The lowest BCUT2D eigenvalue weighted by atomic mass is 10.0. The second kappa shape index (κ2) is 8.28. The van der Waals surface area contributed by atoms with Crippen LogP contribution >= 0.6 is 31.9 Å². The highest BCUT2D eigenvalue weighted by molar-refractivity contribution is 9.13. The predicted octanol–water partition coefficient (Wildman–Crippen LogP) is 5.61. The van der Waals surface area contributed by atoms with Gasteiger partial charge in [0.05, 0.1) is 6.10 Å². The van der Waals surface area contributed by atoms with Crippen molar-refractivity contribution in [3.8, 4) is 0 Å². The molecule has 1 aromatic carbocycles. The fraction of sp³-hybridized carbons (Fsp3) is 0.571. The Balaban J connectivity index is 2.36. The molecule has 0 aliphatic rings. The first-order chi connectivity index (χ1) is 8.15. The molecule has 0 aliphatic heterocycles. The first-order valence-electron chi connectivity index (χ1n) is 6.28. The summed E-state index contributed by atoms with van der Waals surface area (Å²) in [6.07, 6.45) is 6.71. The number of unbranched alkanes of at least 4 members (excludes halogenated alkanes) is 4. The van der Waals surface area contributed by atoms with E-state index in [-0.39, 0.29) is 6.10 Å². The van der Waals surface area contributed by atoms with Crippen LogP contribution in [-0.4, -0.2) is 5.11 Å². The van der Waals surface area contributed by atoms with E-state index < -0.39 is 0 Å². The van der Waals surface area contributed by atoms with Gasteiger partial charge in [0.15, 0.2) is 0 Å². The van der Waals surface area contributed by atoms with E-state index in [1.54, 1.807) is 0 Å². The van der Waals surface area contributed by atoms with Gasteiger partial charge in [0.2, 0.25) is 0 Å². The van der Waals surface area contributed by atoms with Gasteiger partial charge in [-0.15, -0.1) is 0 Å². The van der Waals surface area contributed by atoms with Crippen LogP contribution in [0.1, 0.15) is 57.1 Å². The molecule has 1 rings (SSSR count). The SMILES string of the molecule is CCCCCCCC(O)c1ccc(Br)c(Br)c1. The third-order valence-electron chi connectivity index (χ3n) is 2.91. The number of aliphatic hydroxyl groups excluding tert-OH is 1. The van der Waals surface area contributed by atoms with Crippen molar-refractivity contribution in [2.75, 3.05) is 0 Å². The number of hydrogen-bond acceptors (Lipinski definition) is 1. The molecule has 0 radical (unpaired) electrons. The van der Waals surface area contributed by atoms with E-state index in [0.29, 0.717) is 0 Å². The predicted molar refractivity (Wildman–Crippen MR) is 80.2 cm³/mol. The molecule has 0 saturated carbocycles. The smallest absolute Gasteiger partial charge is 0.0790 e. The molecule has 3 heteroatoms. The van der Waals surface area contributed by atoms with E-state index >= 15 is 0 Å². The molecule has 0 amide bonds. The summed E-state index contributed by atoms with van der Waals surface area (Å²) in [7, 11) is 0. The monoisotopic (exact) mass is 362 g/mol. The molecule has 0 aromatic heterocycles. The molecule has 0 fully saturated rings. The molecule has 17 heavy (non-hydrogen) atoms. The van der Waals surface area contributed by atoms with E-state index in [2.05, 4.69) is 38.8 Å². The highest BCUT2D eigenvalue weighted by Gasteiger charge is 2.08. The van der Waals surface area contributed by atoms with Crippen LogP contribution in [0.25, 0.3) is 0 Å². The number of aliphatic hydroxyl groups is 1. The van der Waals surface area contributed by atoms with Crippen molar-refractivity contribution in [2.45, 2.75) is 51.6 Å². The average Bonchev–Trinajstić information content (AvgIpc) is 2.32.